The molecule has 1 aliphatic heterocycles. The predicted octanol–water partition coefficient (Wildman–Crippen LogP) is 3.11. The van der Waals surface area contributed by atoms with Gasteiger partial charge in [0.1, 0.15) is 0 Å². The van der Waals surface area contributed by atoms with Crippen molar-refractivity contribution in [3.8, 4) is 11.3 Å². The Labute approximate surface area is 146 Å². The quantitative estimate of drug-likeness (QED) is 0.740. The van der Waals surface area contributed by atoms with Gasteiger partial charge in [0, 0.05) is 44.0 Å². The van der Waals surface area contributed by atoms with Crippen molar-refractivity contribution in [1.29, 1.82) is 0 Å². The van der Waals surface area contributed by atoms with Gasteiger partial charge >= 0.3 is 0 Å². The van der Waals surface area contributed by atoms with Crippen LogP contribution in [-0.2, 0) is 7.05 Å². The third kappa shape index (κ3) is 2.93. The van der Waals surface area contributed by atoms with E-state index in [4.69, 9.17) is 0 Å². The van der Waals surface area contributed by atoms with Gasteiger partial charge in [-0.2, -0.15) is 5.10 Å². The molecule has 1 atom stereocenters. The number of hydrogen-bond donors (Lipinski definition) is 0. The van der Waals surface area contributed by atoms with Gasteiger partial charge in [-0.05, 0) is 18.1 Å². The van der Waals surface area contributed by atoms with Gasteiger partial charge < -0.3 is 4.90 Å². The van der Waals surface area contributed by atoms with Gasteiger partial charge in [-0.25, -0.2) is 0 Å². The highest BCUT2D eigenvalue weighted by Gasteiger charge is 2.30. The summed E-state index contributed by atoms with van der Waals surface area (Å²) in [4.78, 5) is 19.2. The lowest BCUT2D eigenvalue weighted by molar-refractivity contribution is 0.0791. The molecule has 5 heteroatoms. The molecule has 1 amide bonds. The lowest BCUT2D eigenvalue weighted by Crippen LogP contribution is -2.28. The number of nitrogens with zero attached hydrogens (tertiary/aromatic N) is 4. The normalized spacial score (nSPS) is 17.0. The van der Waals surface area contributed by atoms with Gasteiger partial charge in [0.05, 0.1) is 17.5 Å². The maximum absolute atomic E-state index is 13.1. The summed E-state index contributed by atoms with van der Waals surface area (Å²) in [6.07, 6.45) is 6.34. The molecule has 0 radical (unpaired) electrons. The number of aromatic nitrogens is 3. The minimum atomic E-state index is 0.0540. The van der Waals surface area contributed by atoms with E-state index in [9.17, 15) is 4.79 Å². The highest BCUT2D eigenvalue weighted by molar-refractivity contribution is 6.00. The Morgan fingerprint density at radius 1 is 1.12 bits per heavy atom. The summed E-state index contributed by atoms with van der Waals surface area (Å²) >= 11 is 0. The number of carbonyl (C=O) groups excluding carboxylic acids is 1. The van der Waals surface area contributed by atoms with Crippen molar-refractivity contribution in [3.63, 3.8) is 0 Å². The highest BCUT2D eigenvalue weighted by Crippen LogP contribution is 2.30. The van der Waals surface area contributed by atoms with Crippen LogP contribution in [0.15, 0.2) is 61.1 Å². The van der Waals surface area contributed by atoms with Crippen LogP contribution in [0.5, 0.6) is 0 Å². The van der Waals surface area contributed by atoms with Crippen LogP contribution in [0.4, 0.5) is 0 Å². The summed E-state index contributed by atoms with van der Waals surface area (Å²) in [6.45, 7) is 1.50. The summed E-state index contributed by atoms with van der Waals surface area (Å²) in [5.41, 5.74) is 3.75. The van der Waals surface area contributed by atoms with Crippen LogP contribution >= 0.6 is 0 Å². The summed E-state index contributed by atoms with van der Waals surface area (Å²) in [6, 6.07) is 14.0. The Morgan fingerprint density at radius 2 is 1.96 bits per heavy atom. The molecule has 0 spiro atoms. The van der Waals surface area contributed by atoms with Crippen LogP contribution in [0, 0.1) is 0 Å². The molecule has 0 saturated carbocycles. The molecule has 25 heavy (non-hydrogen) atoms. The molecule has 1 saturated heterocycles. The third-order valence-electron chi connectivity index (χ3n) is 4.85. The second-order valence-electron chi connectivity index (χ2n) is 6.42. The van der Waals surface area contributed by atoms with E-state index in [0.29, 0.717) is 11.5 Å². The molecule has 5 nitrogen and oxygen atoms in total. The van der Waals surface area contributed by atoms with Crippen LogP contribution < -0.4 is 0 Å². The number of aryl methyl sites for hydroxylation is 1. The first-order chi connectivity index (χ1) is 12.2. The fourth-order valence-corrected chi connectivity index (χ4v) is 3.54. The first-order valence-corrected chi connectivity index (χ1v) is 8.50. The monoisotopic (exact) mass is 332 g/mol. The Bertz CT molecular complexity index is 873. The lowest BCUT2D eigenvalue weighted by Gasteiger charge is -2.17. The molecule has 0 aliphatic carbocycles. The largest absolute Gasteiger partial charge is 0.338 e. The average Bonchev–Trinajstić information content (AvgIpc) is 3.30. The number of benzene rings is 1. The number of rotatable bonds is 3. The summed E-state index contributed by atoms with van der Waals surface area (Å²) in [7, 11) is 1.88. The Morgan fingerprint density at radius 3 is 2.72 bits per heavy atom. The van der Waals surface area contributed by atoms with Crippen molar-refractivity contribution in [2.75, 3.05) is 13.1 Å². The van der Waals surface area contributed by atoms with Crippen molar-refractivity contribution in [2.45, 2.75) is 12.3 Å². The van der Waals surface area contributed by atoms with Crippen molar-refractivity contribution in [1.82, 2.24) is 19.7 Å². The predicted molar refractivity (Wildman–Crippen MR) is 96.1 cm³/mol. The minimum absolute atomic E-state index is 0.0540. The first kappa shape index (κ1) is 15.6. The molecule has 1 unspecified atom stereocenters. The van der Waals surface area contributed by atoms with E-state index in [2.05, 4.69) is 16.1 Å². The second-order valence-corrected chi connectivity index (χ2v) is 6.42. The zero-order valence-electron chi connectivity index (χ0n) is 14.2. The van der Waals surface area contributed by atoms with Crippen LogP contribution in [0.25, 0.3) is 11.3 Å². The summed E-state index contributed by atoms with van der Waals surface area (Å²) < 4.78 is 1.78. The standard InChI is InChI=1S/C20H20N4O/c1-23-19(15-6-3-2-4-7-15)18(13-22-23)20(25)24-11-9-17(14-24)16-8-5-10-21-12-16/h2-8,10,12-13,17H,9,11,14H2,1H3. The smallest absolute Gasteiger partial charge is 0.257 e. The van der Waals surface area contributed by atoms with E-state index in [-0.39, 0.29) is 5.91 Å². The molecule has 2 aromatic heterocycles. The summed E-state index contributed by atoms with van der Waals surface area (Å²) in [5, 5.41) is 4.32. The molecule has 1 aliphatic rings. The fraction of sp³-hybridized carbons (Fsp3) is 0.250. The van der Waals surface area contributed by atoms with E-state index in [1.165, 1.54) is 5.56 Å². The SMILES string of the molecule is Cn1ncc(C(=O)N2CCC(c3cccnc3)C2)c1-c1ccccc1. The Kier molecular flexibility index (Phi) is 4.06. The maximum atomic E-state index is 13.1. The topological polar surface area (TPSA) is 51.0 Å². The maximum Gasteiger partial charge on any atom is 0.257 e. The number of amides is 1. The fourth-order valence-electron chi connectivity index (χ4n) is 3.54. The van der Waals surface area contributed by atoms with E-state index in [1.54, 1.807) is 17.1 Å². The molecule has 4 rings (SSSR count). The highest BCUT2D eigenvalue weighted by atomic mass is 16.2. The van der Waals surface area contributed by atoms with Gasteiger partial charge in [-0.1, -0.05) is 36.4 Å². The van der Waals surface area contributed by atoms with Crippen molar-refractivity contribution < 1.29 is 4.79 Å². The Hall–Kier alpha value is -2.95. The third-order valence-corrected chi connectivity index (χ3v) is 4.85. The van der Waals surface area contributed by atoms with Crippen molar-refractivity contribution in [2.24, 2.45) is 7.05 Å². The van der Waals surface area contributed by atoms with Crippen LogP contribution in [0.1, 0.15) is 28.3 Å². The molecule has 126 valence electrons. The average molecular weight is 332 g/mol. The van der Waals surface area contributed by atoms with Gasteiger partial charge in [0.25, 0.3) is 5.91 Å². The molecule has 0 bridgehead atoms. The van der Waals surface area contributed by atoms with Crippen LogP contribution in [-0.4, -0.2) is 38.7 Å². The van der Waals surface area contributed by atoms with Gasteiger partial charge in [-0.3, -0.25) is 14.5 Å². The van der Waals surface area contributed by atoms with Gasteiger partial charge in [-0.15, -0.1) is 0 Å². The van der Waals surface area contributed by atoms with E-state index in [0.717, 1.165) is 30.8 Å². The lowest BCUT2D eigenvalue weighted by atomic mass is 10.0. The Balaban J connectivity index is 1.59. The van der Waals surface area contributed by atoms with Crippen LogP contribution in [0.3, 0.4) is 0 Å². The molecule has 0 N–H and O–H groups in total. The number of pyridine rings is 1. The molecular formula is C20H20N4O. The first-order valence-electron chi connectivity index (χ1n) is 8.50. The second kappa shape index (κ2) is 6.51. The summed E-state index contributed by atoms with van der Waals surface area (Å²) in [5.74, 6) is 0.410. The van der Waals surface area contributed by atoms with E-state index in [1.807, 2.05) is 54.5 Å². The molecule has 3 heterocycles. The zero-order valence-corrected chi connectivity index (χ0v) is 14.2. The van der Waals surface area contributed by atoms with Crippen molar-refractivity contribution >= 4 is 5.91 Å². The number of likely N-dealkylation sites (tertiary alicyclic amines) is 1. The molecule has 1 fully saturated rings. The van der Waals surface area contributed by atoms with Gasteiger partial charge in [0.15, 0.2) is 0 Å². The molecule has 1 aromatic carbocycles. The van der Waals surface area contributed by atoms with Gasteiger partial charge in [0.2, 0.25) is 0 Å². The van der Waals surface area contributed by atoms with Crippen LogP contribution in [0.2, 0.25) is 0 Å². The van der Waals surface area contributed by atoms with Crippen molar-refractivity contribution in [3.05, 3.63) is 72.2 Å². The molecular weight excluding hydrogens is 312 g/mol. The minimum Gasteiger partial charge on any atom is -0.338 e. The van der Waals surface area contributed by atoms with E-state index < -0.39 is 0 Å². The number of hydrogen-bond acceptors (Lipinski definition) is 3. The number of carbonyl (C=O) groups is 1. The zero-order chi connectivity index (χ0) is 17.2. The van der Waals surface area contributed by atoms with E-state index >= 15 is 0 Å². The molecule has 3 aromatic rings.